The van der Waals surface area contributed by atoms with Gasteiger partial charge in [-0.2, -0.15) is 5.10 Å². The zero-order valence-corrected chi connectivity index (χ0v) is 22.0. The molecule has 0 bridgehead atoms. The molecule has 0 radical (unpaired) electrons. The minimum atomic E-state index is -3.69. The summed E-state index contributed by atoms with van der Waals surface area (Å²) in [5.74, 6) is 1.21. The Balaban J connectivity index is 1.50. The lowest BCUT2D eigenvalue weighted by molar-refractivity contribution is 0.390. The van der Waals surface area contributed by atoms with Gasteiger partial charge in [0, 0.05) is 24.4 Å². The summed E-state index contributed by atoms with van der Waals surface area (Å²) in [4.78, 5) is 4.37. The minimum absolute atomic E-state index is 0.158. The summed E-state index contributed by atoms with van der Waals surface area (Å²) in [6, 6.07) is 12.2. The molecule has 5 rings (SSSR count). The molecule has 4 heterocycles. The standard InChI is InChI=1S/C25H23ClN6O5S/c1-35-20-5-3-6-21(36-2)24(20)32-23(30-31-25(32)22-7-4-11-37-22)15-38(33,34)12-9-18-17(13-16(26)14-27-18)19-8-10-28-29-19/h3-8,10-11,13-14H,9,12,15H2,1-2H3,(H,28,29). The Labute approximate surface area is 223 Å². The molecule has 0 unspecified atom stereocenters. The van der Waals surface area contributed by atoms with Gasteiger partial charge in [0.25, 0.3) is 0 Å². The molecule has 0 amide bonds. The first kappa shape index (κ1) is 25.5. The molecule has 13 heteroatoms. The largest absolute Gasteiger partial charge is 0.494 e. The van der Waals surface area contributed by atoms with Gasteiger partial charge < -0.3 is 13.9 Å². The van der Waals surface area contributed by atoms with Crippen molar-refractivity contribution >= 4 is 21.4 Å². The van der Waals surface area contributed by atoms with E-state index >= 15 is 0 Å². The third kappa shape index (κ3) is 5.13. The van der Waals surface area contributed by atoms with Gasteiger partial charge in [-0.25, -0.2) is 8.42 Å². The van der Waals surface area contributed by atoms with Crippen molar-refractivity contribution in [1.82, 2.24) is 29.9 Å². The first-order chi connectivity index (χ1) is 18.4. The highest BCUT2D eigenvalue weighted by atomic mass is 35.5. The number of H-pyrrole nitrogens is 1. The number of furan rings is 1. The molecular formula is C25H23ClN6O5S. The average Bonchev–Trinajstić information content (AvgIpc) is 3.69. The second-order valence-electron chi connectivity index (χ2n) is 8.22. The molecule has 11 nitrogen and oxygen atoms in total. The summed E-state index contributed by atoms with van der Waals surface area (Å²) in [5, 5.41) is 15.7. The van der Waals surface area contributed by atoms with Crippen LogP contribution in [0.25, 0.3) is 28.5 Å². The zero-order valence-electron chi connectivity index (χ0n) is 20.5. The Kier molecular flexibility index (Phi) is 7.16. The summed E-state index contributed by atoms with van der Waals surface area (Å²) in [6.07, 6.45) is 4.75. The van der Waals surface area contributed by atoms with Gasteiger partial charge in [-0.15, -0.1) is 10.2 Å². The highest BCUT2D eigenvalue weighted by Gasteiger charge is 2.27. The lowest BCUT2D eigenvalue weighted by Gasteiger charge is -2.17. The van der Waals surface area contributed by atoms with Crippen LogP contribution in [-0.2, 0) is 22.0 Å². The quantitative estimate of drug-likeness (QED) is 0.270. The number of sulfone groups is 1. The van der Waals surface area contributed by atoms with Gasteiger partial charge in [-0.3, -0.25) is 14.6 Å². The molecule has 5 aromatic rings. The van der Waals surface area contributed by atoms with Crippen LogP contribution in [0, 0.1) is 0 Å². The van der Waals surface area contributed by atoms with Gasteiger partial charge in [0.1, 0.15) is 22.9 Å². The molecule has 0 aliphatic rings. The smallest absolute Gasteiger partial charge is 0.204 e. The number of hydrogen-bond donors (Lipinski definition) is 1. The van der Waals surface area contributed by atoms with Crippen LogP contribution in [0.5, 0.6) is 11.5 Å². The average molecular weight is 555 g/mol. The molecule has 0 saturated heterocycles. The number of halogens is 1. The van der Waals surface area contributed by atoms with E-state index in [2.05, 4.69) is 25.4 Å². The summed E-state index contributed by atoms with van der Waals surface area (Å²) >= 11 is 6.14. The summed E-state index contributed by atoms with van der Waals surface area (Å²) in [6.45, 7) is 0. The highest BCUT2D eigenvalue weighted by Crippen LogP contribution is 2.36. The predicted molar refractivity (Wildman–Crippen MR) is 140 cm³/mol. The zero-order chi connectivity index (χ0) is 26.7. The van der Waals surface area contributed by atoms with E-state index < -0.39 is 15.6 Å². The van der Waals surface area contributed by atoms with E-state index in [0.29, 0.717) is 50.7 Å². The number of aryl methyl sites for hydroxylation is 1. The number of nitrogens with one attached hydrogen (secondary N) is 1. The molecule has 4 aromatic heterocycles. The van der Waals surface area contributed by atoms with Crippen LogP contribution in [0.15, 0.2) is 65.5 Å². The van der Waals surface area contributed by atoms with Gasteiger partial charge in [0.15, 0.2) is 21.4 Å². The summed E-state index contributed by atoms with van der Waals surface area (Å²) in [7, 11) is -0.656. The molecule has 196 valence electrons. The minimum Gasteiger partial charge on any atom is -0.494 e. The molecule has 0 spiro atoms. The number of rotatable bonds is 10. The van der Waals surface area contributed by atoms with Crippen molar-refractivity contribution in [2.24, 2.45) is 0 Å². The van der Waals surface area contributed by atoms with Crippen molar-refractivity contribution < 1.29 is 22.3 Å². The van der Waals surface area contributed by atoms with Crippen molar-refractivity contribution in [3.05, 3.63) is 77.7 Å². The highest BCUT2D eigenvalue weighted by molar-refractivity contribution is 7.90. The second-order valence-corrected chi connectivity index (χ2v) is 10.8. The normalized spacial score (nSPS) is 11.6. The fourth-order valence-corrected chi connectivity index (χ4v) is 5.48. The van der Waals surface area contributed by atoms with Crippen LogP contribution < -0.4 is 9.47 Å². The van der Waals surface area contributed by atoms with Gasteiger partial charge in [-0.05, 0) is 36.4 Å². The Bertz CT molecular complexity index is 1630. The number of para-hydroxylation sites is 1. The number of benzene rings is 1. The van der Waals surface area contributed by atoms with Gasteiger partial charge in [0.2, 0.25) is 5.82 Å². The number of methoxy groups -OCH3 is 2. The van der Waals surface area contributed by atoms with Crippen LogP contribution in [0.1, 0.15) is 11.5 Å². The summed E-state index contributed by atoms with van der Waals surface area (Å²) < 4.78 is 45.1. The van der Waals surface area contributed by atoms with E-state index in [1.165, 1.54) is 26.7 Å². The van der Waals surface area contributed by atoms with Crippen LogP contribution in [0.4, 0.5) is 0 Å². The predicted octanol–water partition coefficient (Wildman–Crippen LogP) is 4.14. The second kappa shape index (κ2) is 10.7. The van der Waals surface area contributed by atoms with Crippen molar-refractivity contribution in [2.45, 2.75) is 12.2 Å². The third-order valence-electron chi connectivity index (χ3n) is 5.82. The number of ether oxygens (including phenoxy) is 2. The fraction of sp³-hybridized carbons (Fsp3) is 0.200. The molecule has 0 atom stereocenters. The van der Waals surface area contributed by atoms with Gasteiger partial charge in [0.05, 0.1) is 42.6 Å². The first-order valence-electron chi connectivity index (χ1n) is 11.4. The van der Waals surface area contributed by atoms with E-state index in [1.807, 2.05) is 0 Å². The number of pyridine rings is 1. The van der Waals surface area contributed by atoms with Crippen molar-refractivity contribution in [3.63, 3.8) is 0 Å². The van der Waals surface area contributed by atoms with E-state index in [9.17, 15) is 8.42 Å². The number of nitrogens with zero attached hydrogens (tertiary/aromatic N) is 5. The van der Waals surface area contributed by atoms with E-state index in [4.69, 9.17) is 25.5 Å². The van der Waals surface area contributed by atoms with Crippen molar-refractivity contribution in [3.8, 4) is 40.0 Å². The van der Waals surface area contributed by atoms with Crippen LogP contribution in [0.3, 0.4) is 0 Å². The van der Waals surface area contributed by atoms with Gasteiger partial charge in [-0.1, -0.05) is 17.7 Å². The summed E-state index contributed by atoms with van der Waals surface area (Å²) in [5.41, 5.74) is 2.41. The third-order valence-corrected chi connectivity index (χ3v) is 7.55. The Morgan fingerprint density at radius 1 is 1.08 bits per heavy atom. The Hall–Kier alpha value is -4.16. The molecule has 38 heavy (non-hydrogen) atoms. The first-order valence-corrected chi connectivity index (χ1v) is 13.6. The number of aromatic nitrogens is 6. The molecule has 0 saturated carbocycles. The monoisotopic (exact) mass is 554 g/mol. The molecular weight excluding hydrogens is 532 g/mol. The molecule has 0 fully saturated rings. The topological polar surface area (TPSA) is 138 Å². The lowest BCUT2D eigenvalue weighted by Crippen LogP contribution is -2.16. The fourth-order valence-electron chi connectivity index (χ4n) is 4.09. The van der Waals surface area contributed by atoms with E-state index in [1.54, 1.807) is 53.2 Å². The van der Waals surface area contributed by atoms with Crippen molar-refractivity contribution in [1.29, 1.82) is 0 Å². The maximum Gasteiger partial charge on any atom is 0.204 e. The maximum atomic E-state index is 13.4. The molecule has 0 aliphatic carbocycles. The molecule has 1 aromatic carbocycles. The Morgan fingerprint density at radius 3 is 2.53 bits per heavy atom. The lowest BCUT2D eigenvalue weighted by atomic mass is 10.1. The Morgan fingerprint density at radius 2 is 1.87 bits per heavy atom. The van der Waals surface area contributed by atoms with Crippen molar-refractivity contribution in [2.75, 3.05) is 20.0 Å². The van der Waals surface area contributed by atoms with Crippen LogP contribution in [-0.4, -0.2) is 58.3 Å². The van der Waals surface area contributed by atoms with E-state index in [-0.39, 0.29) is 18.0 Å². The number of hydrogen-bond acceptors (Lipinski definition) is 9. The molecule has 1 N–H and O–H groups in total. The van der Waals surface area contributed by atoms with Crippen LogP contribution >= 0.6 is 11.6 Å². The van der Waals surface area contributed by atoms with Crippen LogP contribution in [0.2, 0.25) is 5.02 Å². The van der Waals surface area contributed by atoms with Gasteiger partial charge >= 0.3 is 0 Å². The van der Waals surface area contributed by atoms with E-state index in [0.717, 1.165) is 0 Å². The molecule has 0 aliphatic heterocycles. The number of aromatic amines is 1. The maximum absolute atomic E-state index is 13.4. The SMILES string of the molecule is COc1cccc(OC)c1-n1c(CS(=O)(=O)CCc2ncc(Cl)cc2-c2ccn[nH]2)nnc1-c1ccco1.